The number of halogens is 1. The maximum Gasteiger partial charge on any atom is 0.165 e. The predicted octanol–water partition coefficient (Wildman–Crippen LogP) is 5.13. The molecule has 4 heteroatoms. The number of ether oxygens (including phenoxy) is 2. The van der Waals surface area contributed by atoms with Gasteiger partial charge in [-0.3, -0.25) is 0 Å². The second-order valence-electron chi connectivity index (χ2n) is 6.29. The van der Waals surface area contributed by atoms with Crippen molar-refractivity contribution in [3.8, 4) is 11.5 Å². The van der Waals surface area contributed by atoms with Gasteiger partial charge in [0.05, 0.1) is 20.3 Å². The number of hydrogen-bond acceptors (Lipinski definition) is 3. The number of anilines is 1. The van der Waals surface area contributed by atoms with E-state index in [1.165, 1.54) is 20.4 Å². The number of fused-ring (bicyclic) bond motifs is 3. The van der Waals surface area contributed by atoms with E-state index in [9.17, 15) is 0 Å². The molecule has 1 N–H and O–H groups in total. The molecule has 0 aromatic heterocycles. The van der Waals surface area contributed by atoms with Crippen LogP contribution >= 0.6 is 22.6 Å². The second kappa shape index (κ2) is 6.31. The van der Waals surface area contributed by atoms with Gasteiger partial charge in [-0.15, -0.1) is 0 Å². The Balaban J connectivity index is 1.82. The molecule has 0 saturated heterocycles. The first kappa shape index (κ1) is 15.8. The normalized spacial score (nSPS) is 24.0. The van der Waals surface area contributed by atoms with Crippen LogP contribution in [0.2, 0.25) is 0 Å². The quantitative estimate of drug-likeness (QED) is 0.538. The van der Waals surface area contributed by atoms with Gasteiger partial charge in [0.25, 0.3) is 0 Å². The van der Waals surface area contributed by atoms with E-state index in [0.29, 0.717) is 11.8 Å². The van der Waals surface area contributed by atoms with Crippen LogP contribution in [0.4, 0.5) is 5.69 Å². The van der Waals surface area contributed by atoms with Crippen LogP contribution in [0, 0.1) is 9.49 Å². The third kappa shape index (κ3) is 2.48. The van der Waals surface area contributed by atoms with Gasteiger partial charge < -0.3 is 14.8 Å². The van der Waals surface area contributed by atoms with Crippen LogP contribution in [-0.4, -0.2) is 14.2 Å². The van der Waals surface area contributed by atoms with Crippen molar-refractivity contribution < 1.29 is 9.47 Å². The zero-order valence-electron chi connectivity index (χ0n) is 13.8. The Hall–Kier alpha value is -1.69. The van der Waals surface area contributed by atoms with Crippen LogP contribution in [-0.2, 0) is 0 Å². The molecule has 2 aromatic carbocycles. The summed E-state index contributed by atoms with van der Waals surface area (Å²) in [4.78, 5) is 0. The maximum atomic E-state index is 5.69. The minimum atomic E-state index is 0.211. The first-order chi connectivity index (χ1) is 11.7. The number of nitrogens with one attached hydrogen (secondary N) is 1. The lowest BCUT2D eigenvalue weighted by molar-refractivity contribution is 0.341. The summed E-state index contributed by atoms with van der Waals surface area (Å²) in [6, 6.07) is 13.0. The van der Waals surface area contributed by atoms with Gasteiger partial charge in [-0.2, -0.15) is 0 Å². The van der Waals surface area contributed by atoms with Crippen molar-refractivity contribution in [2.45, 2.75) is 18.4 Å². The molecule has 0 radical (unpaired) electrons. The lowest BCUT2D eigenvalue weighted by atomic mass is 9.77. The zero-order valence-corrected chi connectivity index (χ0v) is 15.9. The van der Waals surface area contributed by atoms with Crippen LogP contribution in [0.15, 0.2) is 48.6 Å². The maximum absolute atomic E-state index is 5.69. The Labute approximate surface area is 156 Å². The molecule has 1 aliphatic carbocycles. The number of methoxy groups -OCH3 is 2. The van der Waals surface area contributed by atoms with Gasteiger partial charge in [0.1, 0.15) is 0 Å². The Morgan fingerprint density at radius 1 is 1.08 bits per heavy atom. The molecular weight excluding hydrogens is 413 g/mol. The average molecular weight is 433 g/mol. The van der Waals surface area contributed by atoms with E-state index in [4.69, 9.17) is 9.47 Å². The van der Waals surface area contributed by atoms with E-state index in [1.54, 1.807) is 14.2 Å². The van der Waals surface area contributed by atoms with E-state index in [-0.39, 0.29) is 6.04 Å². The van der Waals surface area contributed by atoms with Gasteiger partial charge in [0.15, 0.2) is 11.5 Å². The van der Waals surface area contributed by atoms with E-state index in [1.807, 2.05) is 12.1 Å². The molecule has 2 aromatic rings. The van der Waals surface area contributed by atoms with Gasteiger partial charge in [0, 0.05) is 20.7 Å². The van der Waals surface area contributed by atoms with Gasteiger partial charge in [-0.1, -0.05) is 24.3 Å². The van der Waals surface area contributed by atoms with Crippen LogP contribution in [0.25, 0.3) is 0 Å². The predicted molar refractivity (Wildman–Crippen MR) is 105 cm³/mol. The van der Waals surface area contributed by atoms with Crippen molar-refractivity contribution in [1.29, 1.82) is 0 Å². The molecule has 2 aliphatic rings. The number of rotatable bonds is 3. The lowest BCUT2D eigenvalue weighted by Gasteiger charge is -2.38. The van der Waals surface area contributed by atoms with Crippen molar-refractivity contribution in [3.63, 3.8) is 0 Å². The van der Waals surface area contributed by atoms with E-state index in [2.05, 4.69) is 64.3 Å². The fourth-order valence-electron chi connectivity index (χ4n) is 4.03. The molecule has 0 saturated carbocycles. The molecule has 0 amide bonds. The largest absolute Gasteiger partial charge is 0.493 e. The number of hydrogen-bond donors (Lipinski definition) is 1. The SMILES string of the molecule is COc1cccc(C2Nc3ccc(I)cc3C3C=CCC32)c1OC. The molecule has 124 valence electrons. The fraction of sp³-hybridized carbons (Fsp3) is 0.300. The monoisotopic (exact) mass is 433 g/mol. The molecule has 24 heavy (non-hydrogen) atoms. The number of para-hydroxylation sites is 1. The molecule has 0 fully saturated rings. The van der Waals surface area contributed by atoms with Crippen molar-refractivity contribution in [1.82, 2.24) is 0 Å². The van der Waals surface area contributed by atoms with Crippen molar-refractivity contribution in [3.05, 3.63) is 63.2 Å². The molecule has 3 unspecified atom stereocenters. The summed E-state index contributed by atoms with van der Waals surface area (Å²) in [5.74, 6) is 2.57. The summed E-state index contributed by atoms with van der Waals surface area (Å²) in [6.07, 6.45) is 5.75. The number of benzene rings is 2. The average Bonchev–Trinajstić information content (AvgIpc) is 3.10. The molecule has 4 rings (SSSR count). The van der Waals surface area contributed by atoms with Gasteiger partial charge in [-0.05, 0) is 64.8 Å². The van der Waals surface area contributed by atoms with Crippen molar-refractivity contribution >= 4 is 28.3 Å². The second-order valence-corrected chi connectivity index (χ2v) is 7.54. The number of allylic oxidation sites excluding steroid dienone is 2. The minimum absolute atomic E-state index is 0.211. The standard InChI is InChI=1S/C20H20INO2/c1-23-18-8-4-7-15(20(18)24-2)19-14-6-3-5-13(14)16-11-12(21)9-10-17(16)22-19/h3-5,7-11,13-14,19,22H,6H2,1-2H3. The molecule has 3 atom stereocenters. The van der Waals surface area contributed by atoms with Gasteiger partial charge in [0.2, 0.25) is 0 Å². The highest BCUT2D eigenvalue weighted by Crippen LogP contribution is 2.52. The van der Waals surface area contributed by atoms with Crippen LogP contribution in [0.1, 0.15) is 29.5 Å². The molecule has 0 bridgehead atoms. The van der Waals surface area contributed by atoms with Crippen molar-refractivity contribution in [2.24, 2.45) is 5.92 Å². The van der Waals surface area contributed by atoms with Gasteiger partial charge >= 0.3 is 0 Å². The highest BCUT2D eigenvalue weighted by atomic mass is 127. The van der Waals surface area contributed by atoms with Crippen molar-refractivity contribution in [2.75, 3.05) is 19.5 Å². The topological polar surface area (TPSA) is 30.5 Å². The first-order valence-corrected chi connectivity index (χ1v) is 9.24. The van der Waals surface area contributed by atoms with Crippen LogP contribution in [0.3, 0.4) is 0 Å². The summed E-state index contributed by atoms with van der Waals surface area (Å²) >= 11 is 2.39. The molecule has 1 aliphatic heterocycles. The lowest BCUT2D eigenvalue weighted by Crippen LogP contribution is -2.29. The van der Waals surface area contributed by atoms with Crippen LogP contribution < -0.4 is 14.8 Å². The highest BCUT2D eigenvalue weighted by molar-refractivity contribution is 14.1. The summed E-state index contributed by atoms with van der Waals surface area (Å²) in [7, 11) is 3.40. The zero-order chi connectivity index (χ0) is 16.7. The Morgan fingerprint density at radius 2 is 1.96 bits per heavy atom. The molecule has 0 spiro atoms. The Kier molecular flexibility index (Phi) is 4.16. The smallest absolute Gasteiger partial charge is 0.165 e. The van der Waals surface area contributed by atoms with Crippen LogP contribution in [0.5, 0.6) is 11.5 Å². The Bertz CT molecular complexity index is 802. The molecule has 3 nitrogen and oxygen atoms in total. The molecule has 1 heterocycles. The minimum Gasteiger partial charge on any atom is -0.493 e. The molecular formula is C20H20INO2. The fourth-order valence-corrected chi connectivity index (χ4v) is 4.55. The summed E-state index contributed by atoms with van der Waals surface area (Å²) in [5.41, 5.74) is 3.79. The van der Waals surface area contributed by atoms with Gasteiger partial charge in [-0.25, -0.2) is 0 Å². The van der Waals surface area contributed by atoms with E-state index in [0.717, 1.165) is 17.9 Å². The summed E-state index contributed by atoms with van der Waals surface area (Å²) in [6.45, 7) is 0. The van der Waals surface area contributed by atoms with E-state index < -0.39 is 0 Å². The highest BCUT2D eigenvalue weighted by Gasteiger charge is 2.39. The third-order valence-corrected chi connectivity index (χ3v) is 5.76. The summed E-state index contributed by atoms with van der Waals surface area (Å²) < 4.78 is 12.5. The third-order valence-electron chi connectivity index (χ3n) is 5.09. The summed E-state index contributed by atoms with van der Waals surface area (Å²) in [5, 5.41) is 3.76. The Morgan fingerprint density at radius 3 is 2.75 bits per heavy atom. The first-order valence-electron chi connectivity index (χ1n) is 8.16. The van der Waals surface area contributed by atoms with E-state index >= 15 is 0 Å².